The summed E-state index contributed by atoms with van der Waals surface area (Å²) in [5, 5.41) is 9.11. The minimum atomic E-state index is -0.338. The number of aryl methyl sites for hydroxylation is 2. The van der Waals surface area contributed by atoms with E-state index in [0.717, 1.165) is 5.56 Å². The molecule has 0 unspecified atom stereocenters. The third-order valence-electron chi connectivity index (χ3n) is 2.43. The number of carbonyl (C=O) groups excluding carboxylic acids is 1. The summed E-state index contributed by atoms with van der Waals surface area (Å²) in [6.07, 6.45) is 3.16. The Morgan fingerprint density at radius 3 is 2.88 bits per heavy atom. The summed E-state index contributed by atoms with van der Waals surface area (Å²) < 4.78 is 1.40. The topological polar surface area (TPSA) is 79.8 Å². The fraction of sp³-hybridized carbons (Fsp3) is 0.182. The summed E-state index contributed by atoms with van der Waals surface area (Å²) in [6.45, 7) is 1.82. The highest BCUT2D eigenvalue weighted by atomic mass is 16.2. The summed E-state index contributed by atoms with van der Waals surface area (Å²) in [7, 11) is 1.63. The number of carbonyl (C=O) groups is 1. The average molecular weight is 232 g/mol. The van der Waals surface area contributed by atoms with E-state index >= 15 is 0 Å². The Kier molecular flexibility index (Phi) is 2.78. The molecule has 0 bridgehead atoms. The van der Waals surface area contributed by atoms with Gasteiger partial charge in [0.25, 0.3) is 11.5 Å². The van der Waals surface area contributed by atoms with Crippen molar-refractivity contribution >= 4 is 11.7 Å². The lowest BCUT2D eigenvalue weighted by molar-refractivity contribution is 0.102. The van der Waals surface area contributed by atoms with Gasteiger partial charge in [0, 0.05) is 30.4 Å². The van der Waals surface area contributed by atoms with Crippen molar-refractivity contribution in [3.05, 3.63) is 46.0 Å². The third-order valence-corrected chi connectivity index (χ3v) is 2.43. The number of amides is 1. The van der Waals surface area contributed by atoms with Crippen molar-refractivity contribution in [2.24, 2.45) is 7.05 Å². The van der Waals surface area contributed by atoms with E-state index < -0.39 is 0 Å². The minimum Gasteiger partial charge on any atom is -0.319 e. The number of rotatable bonds is 2. The van der Waals surface area contributed by atoms with Gasteiger partial charge in [-0.3, -0.25) is 14.7 Å². The second-order valence-electron chi connectivity index (χ2n) is 3.75. The second-order valence-corrected chi connectivity index (χ2v) is 3.75. The monoisotopic (exact) mass is 232 g/mol. The Hall–Kier alpha value is -2.37. The van der Waals surface area contributed by atoms with Crippen LogP contribution >= 0.6 is 0 Å². The number of nitrogens with zero attached hydrogens (tertiary/aromatic N) is 2. The highest BCUT2D eigenvalue weighted by Crippen LogP contribution is 2.09. The molecule has 88 valence electrons. The van der Waals surface area contributed by atoms with E-state index in [0.29, 0.717) is 11.4 Å². The van der Waals surface area contributed by atoms with Crippen molar-refractivity contribution in [1.82, 2.24) is 14.8 Å². The number of pyridine rings is 1. The quantitative estimate of drug-likeness (QED) is 0.798. The summed E-state index contributed by atoms with van der Waals surface area (Å²) in [5.41, 5.74) is 0.934. The van der Waals surface area contributed by atoms with Gasteiger partial charge in [-0.15, -0.1) is 0 Å². The molecule has 0 aliphatic carbocycles. The summed E-state index contributed by atoms with van der Waals surface area (Å²) in [5.74, 6) is 0.200. The van der Waals surface area contributed by atoms with E-state index in [1.54, 1.807) is 25.5 Å². The van der Waals surface area contributed by atoms with E-state index in [4.69, 9.17) is 0 Å². The molecule has 2 aromatic rings. The largest absolute Gasteiger partial charge is 0.319 e. The minimum absolute atomic E-state index is 0.223. The van der Waals surface area contributed by atoms with Gasteiger partial charge in [0.2, 0.25) is 0 Å². The lowest BCUT2D eigenvalue weighted by atomic mass is 10.2. The van der Waals surface area contributed by atoms with E-state index in [2.05, 4.69) is 15.5 Å². The smallest absolute Gasteiger partial charge is 0.257 e. The van der Waals surface area contributed by atoms with Gasteiger partial charge in [0.05, 0.1) is 6.20 Å². The van der Waals surface area contributed by atoms with Crippen molar-refractivity contribution in [1.29, 1.82) is 0 Å². The molecule has 17 heavy (non-hydrogen) atoms. The number of nitrogens with one attached hydrogen (secondary N) is 2. The average Bonchev–Trinajstić information content (AvgIpc) is 2.68. The Balaban J connectivity index is 2.23. The van der Waals surface area contributed by atoms with Crippen molar-refractivity contribution in [2.45, 2.75) is 6.92 Å². The SMILES string of the molecule is Cc1cn[nH]c1NC(=O)c1ccn(C)c(=O)c1. The number of hydrogen-bond acceptors (Lipinski definition) is 3. The van der Waals surface area contributed by atoms with Crippen LogP contribution in [0.25, 0.3) is 0 Å². The highest BCUT2D eigenvalue weighted by Gasteiger charge is 2.09. The molecule has 1 amide bonds. The molecule has 0 radical (unpaired) electrons. The van der Waals surface area contributed by atoms with Crippen LogP contribution in [-0.4, -0.2) is 20.7 Å². The van der Waals surface area contributed by atoms with E-state index in [9.17, 15) is 9.59 Å². The number of H-pyrrole nitrogens is 1. The molecule has 0 fully saturated rings. The Bertz CT molecular complexity index is 612. The van der Waals surface area contributed by atoms with Crippen molar-refractivity contribution in [3.8, 4) is 0 Å². The molecule has 2 aromatic heterocycles. The van der Waals surface area contributed by atoms with Crippen molar-refractivity contribution < 1.29 is 4.79 Å². The lowest BCUT2D eigenvalue weighted by Gasteiger charge is -2.04. The standard InChI is InChI=1S/C11H12N4O2/c1-7-6-12-14-10(7)13-11(17)8-3-4-15(2)9(16)5-8/h3-6H,1-2H3,(H2,12,13,14,17). The summed E-state index contributed by atoms with van der Waals surface area (Å²) in [6, 6.07) is 2.88. The van der Waals surface area contributed by atoms with Crippen LogP contribution in [0.5, 0.6) is 0 Å². The fourth-order valence-corrected chi connectivity index (χ4v) is 1.35. The molecule has 2 N–H and O–H groups in total. The molecular weight excluding hydrogens is 220 g/mol. The van der Waals surface area contributed by atoms with Crippen LogP contribution < -0.4 is 10.9 Å². The van der Waals surface area contributed by atoms with Gasteiger partial charge >= 0.3 is 0 Å². The normalized spacial score (nSPS) is 10.2. The van der Waals surface area contributed by atoms with E-state index in [1.807, 2.05) is 6.92 Å². The Morgan fingerprint density at radius 1 is 1.53 bits per heavy atom. The van der Waals surface area contributed by atoms with Crippen LogP contribution in [0.3, 0.4) is 0 Å². The number of aromatic nitrogens is 3. The summed E-state index contributed by atoms with van der Waals surface area (Å²) >= 11 is 0. The Morgan fingerprint density at radius 2 is 2.29 bits per heavy atom. The number of anilines is 1. The van der Waals surface area contributed by atoms with Crippen molar-refractivity contribution in [3.63, 3.8) is 0 Å². The molecule has 2 rings (SSSR count). The molecule has 0 spiro atoms. The van der Waals surface area contributed by atoms with Gasteiger partial charge in [0.15, 0.2) is 0 Å². The van der Waals surface area contributed by atoms with Crippen molar-refractivity contribution in [2.75, 3.05) is 5.32 Å². The first-order chi connectivity index (χ1) is 8.08. The zero-order valence-corrected chi connectivity index (χ0v) is 9.52. The molecule has 0 saturated heterocycles. The zero-order chi connectivity index (χ0) is 12.4. The number of hydrogen-bond donors (Lipinski definition) is 2. The van der Waals surface area contributed by atoms with Crippen LogP contribution in [-0.2, 0) is 7.05 Å². The van der Waals surface area contributed by atoms with Gasteiger partial charge in [-0.1, -0.05) is 0 Å². The second kappa shape index (κ2) is 4.25. The molecule has 2 heterocycles. The van der Waals surface area contributed by atoms with Crippen LogP contribution in [0.1, 0.15) is 15.9 Å². The first kappa shape index (κ1) is 11.1. The number of aromatic amines is 1. The van der Waals surface area contributed by atoms with Crippen LogP contribution in [0.15, 0.2) is 29.3 Å². The van der Waals surface area contributed by atoms with Gasteiger partial charge in [-0.2, -0.15) is 5.10 Å². The predicted molar refractivity (Wildman–Crippen MR) is 63.0 cm³/mol. The molecule has 0 aromatic carbocycles. The van der Waals surface area contributed by atoms with E-state index in [-0.39, 0.29) is 11.5 Å². The lowest BCUT2D eigenvalue weighted by Crippen LogP contribution is -2.20. The molecule has 6 heteroatoms. The van der Waals surface area contributed by atoms with Crippen LogP contribution in [0, 0.1) is 6.92 Å². The highest BCUT2D eigenvalue weighted by molar-refractivity contribution is 6.03. The van der Waals surface area contributed by atoms with Crippen LogP contribution in [0.4, 0.5) is 5.82 Å². The summed E-state index contributed by atoms with van der Waals surface area (Å²) in [4.78, 5) is 23.2. The third kappa shape index (κ3) is 2.25. The van der Waals surface area contributed by atoms with Gasteiger partial charge in [-0.25, -0.2) is 0 Å². The van der Waals surface area contributed by atoms with Gasteiger partial charge in [0.1, 0.15) is 5.82 Å². The predicted octanol–water partition coefficient (Wildman–Crippen LogP) is 0.669. The first-order valence-corrected chi connectivity index (χ1v) is 5.06. The first-order valence-electron chi connectivity index (χ1n) is 5.06. The molecule has 0 saturated carbocycles. The molecule has 0 atom stereocenters. The molecule has 0 aliphatic heterocycles. The van der Waals surface area contributed by atoms with Gasteiger partial charge in [-0.05, 0) is 13.0 Å². The van der Waals surface area contributed by atoms with Crippen LogP contribution in [0.2, 0.25) is 0 Å². The molecular formula is C11H12N4O2. The maximum Gasteiger partial charge on any atom is 0.257 e. The van der Waals surface area contributed by atoms with Gasteiger partial charge < -0.3 is 9.88 Å². The Labute approximate surface area is 97.3 Å². The maximum atomic E-state index is 11.8. The fourth-order valence-electron chi connectivity index (χ4n) is 1.35. The zero-order valence-electron chi connectivity index (χ0n) is 9.52. The maximum absolute atomic E-state index is 11.8. The molecule has 6 nitrogen and oxygen atoms in total. The molecule has 0 aliphatic rings. The van der Waals surface area contributed by atoms with E-state index in [1.165, 1.54) is 10.6 Å².